The number of nitrogens with zero attached hydrogens (tertiary/aromatic N) is 2. The van der Waals surface area contributed by atoms with Crippen LogP contribution in [0.2, 0.25) is 0 Å². The molecule has 2 N–H and O–H groups in total. The Morgan fingerprint density at radius 2 is 1.78 bits per heavy atom. The summed E-state index contributed by atoms with van der Waals surface area (Å²) in [6.07, 6.45) is 4.32. The summed E-state index contributed by atoms with van der Waals surface area (Å²) in [6.45, 7) is 9.39. The molecular weight excluding hydrogens is 368 g/mol. The molecule has 3 aliphatic rings. The Morgan fingerprint density at radius 1 is 1.19 bits per heavy atom. The largest absolute Gasteiger partial charge is 0.339 e. The summed E-state index contributed by atoms with van der Waals surface area (Å²) < 4.78 is 0. The average Bonchev–Trinajstić information content (AvgIpc) is 2.87. The lowest BCUT2D eigenvalue weighted by Crippen LogP contribution is -2.52. The molecule has 154 valence electrons. The third kappa shape index (κ3) is 4.24. The average molecular weight is 401 g/mol. The molecule has 1 aliphatic carbocycles. The second-order valence-electron chi connectivity index (χ2n) is 8.65. The van der Waals surface area contributed by atoms with Crippen LogP contribution in [0, 0.1) is 11.3 Å². The van der Waals surface area contributed by atoms with Gasteiger partial charge in [0.25, 0.3) is 5.91 Å². The first-order valence-electron chi connectivity index (χ1n) is 9.92. The van der Waals surface area contributed by atoms with E-state index in [9.17, 15) is 14.4 Å². The van der Waals surface area contributed by atoms with Gasteiger partial charge in [-0.15, -0.1) is 12.4 Å². The lowest BCUT2D eigenvalue weighted by atomic mass is 9.65. The molecule has 0 atom stereocenters. The first-order chi connectivity index (χ1) is 12.3. The molecule has 1 saturated carbocycles. The zero-order valence-corrected chi connectivity index (χ0v) is 17.5. The first kappa shape index (κ1) is 22.0. The normalized spacial score (nSPS) is 28.9. The minimum absolute atomic E-state index is 0. The van der Waals surface area contributed by atoms with Crippen molar-refractivity contribution in [2.75, 3.05) is 32.7 Å². The molecule has 0 radical (unpaired) electrons. The van der Waals surface area contributed by atoms with Crippen molar-refractivity contribution in [3.63, 3.8) is 0 Å². The number of hydrogen-bond donors (Lipinski definition) is 2. The predicted octanol–water partition coefficient (Wildman–Crippen LogP) is 1.76. The quantitative estimate of drug-likeness (QED) is 0.704. The van der Waals surface area contributed by atoms with Crippen LogP contribution in [-0.2, 0) is 9.59 Å². The van der Waals surface area contributed by atoms with E-state index in [4.69, 9.17) is 0 Å². The van der Waals surface area contributed by atoms with Gasteiger partial charge in [0.05, 0.1) is 0 Å². The molecular formula is C19H33ClN4O3. The molecule has 2 saturated heterocycles. The van der Waals surface area contributed by atoms with Crippen LogP contribution in [0.1, 0.15) is 52.9 Å². The van der Waals surface area contributed by atoms with Crippen molar-refractivity contribution in [2.24, 2.45) is 11.3 Å². The number of imide groups is 1. The van der Waals surface area contributed by atoms with Crippen LogP contribution >= 0.6 is 12.4 Å². The van der Waals surface area contributed by atoms with Gasteiger partial charge < -0.3 is 15.5 Å². The third-order valence-corrected chi connectivity index (χ3v) is 6.86. The van der Waals surface area contributed by atoms with E-state index in [0.29, 0.717) is 31.8 Å². The highest BCUT2D eigenvalue weighted by atomic mass is 35.5. The third-order valence-electron chi connectivity index (χ3n) is 6.86. The Morgan fingerprint density at radius 3 is 2.33 bits per heavy atom. The fraction of sp³-hybridized carbons (Fsp3) is 0.842. The van der Waals surface area contributed by atoms with Crippen LogP contribution < -0.4 is 10.6 Å². The summed E-state index contributed by atoms with van der Waals surface area (Å²) in [5.74, 6) is 0.214. The number of halogens is 1. The van der Waals surface area contributed by atoms with Crippen molar-refractivity contribution in [3.8, 4) is 0 Å². The van der Waals surface area contributed by atoms with Crippen molar-refractivity contribution >= 4 is 30.3 Å². The van der Waals surface area contributed by atoms with Gasteiger partial charge in [-0.2, -0.15) is 0 Å². The van der Waals surface area contributed by atoms with Gasteiger partial charge in [-0.05, 0) is 37.0 Å². The van der Waals surface area contributed by atoms with Crippen molar-refractivity contribution < 1.29 is 14.4 Å². The monoisotopic (exact) mass is 400 g/mol. The zero-order chi connectivity index (χ0) is 18.9. The van der Waals surface area contributed by atoms with Gasteiger partial charge in [-0.3, -0.25) is 14.5 Å². The number of piperazine rings is 1. The zero-order valence-electron chi connectivity index (χ0n) is 16.7. The van der Waals surface area contributed by atoms with E-state index in [1.54, 1.807) is 4.90 Å². The van der Waals surface area contributed by atoms with Crippen molar-refractivity contribution in [3.05, 3.63) is 0 Å². The first-order valence-corrected chi connectivity index (χ1v) is 9.92. The van der Waals surface area contributed by atoms with E-state index in [0.717, 1.165) is 37.3 Å². The number of rotatable bonds is 4. The van der Waals surface area contributed by atoms with E-state index in [-0.39, 0.29) is 36.2 Å². The van der Waals surface area contributed by atoms with Gasteiger partial charge in [-0.1, -0.05) is 27.2 Å². The van der Waals surface area contributed by atoms with Gasteiger partial charge in [0.15, 0.2) is 0 Å². The van der Waals surface area contributed by atoms with E-state index < -0.39 is 11.6 Å². The maximum absolute atomic E-state index is 13.0. The second-order valence-corrected chi connectivity index (χ2v) is 8.65. The van der Waals surface area contributed by atoms with E-state index >= 15 is 0 Å². The standard InChI is InChI=1S/C19H32N4O3.ClH/c1-4-18(2,3)14-5-7-19(8-6-14)16(25)23(17(26)21-19)13-15(24)22-11-9-20-10-12-22;/h14,20H,4-13H2,1-3H3,(H,21,26);1H. The molecule has 0 bridgehead atoms. The molecule has 0 unspecified atom stereocenters. The van der Waals surface area contributed by atoms with Crippen LogP contribution in [-0.4, -0.2) is 65.9 Å². The summed E-state index contributed by atoms with van der Waals surface area (Å²) in [7, 11) is 0. The summed E-state index contributed by atoms with van der Waals surface area (Å²) >= 11 is 0. The van der Waals surface area contributed by atoms with Crippen LogP contribution in [0.5, 0.6) is 0 Å². The van der Waals surface area contributed by atoms with Crippen molar-refractivity contribution in [1.29, 1.82) is 0 Å². The summed E-state index contributed by atoms with van der Waals surface area (Å²) in [5, 5.41) is 6.12. The molecule has 2 heterocycles. The Hall–Kier alpha value is -1.34. The summed E-state index contributed by atoms with van der Waals surface area (Å²) in [5.41, 5.74) is -0.535. The highest BCUT2D eigenvalue weighted by Crippen LogP contribution is 2.45. The Balaban J connectivity index is 0.00000261. The number of hydrogen-bond acceptors (Lipinski definition) is 4. The minimum atomic E-state index is -0.791. The van der Waals surface area contributed by atoms with Gasteiger partial charge in [0.2, 0.25) is 5.91 Å². The summed E-state index contributed by atoms with van der Waals surface area (Å²) in [4.78, 5) is 40.7. The molecule has 0 aromatic heterocycles. The number of carbonyl (C=O) groups is 3. The Bertz CT molecular complexity index is 582. The van der Waals surface area contributed by atoms with Crippen molar-refractivity contribution in [2.45, 2.75) is 58.4 Å². The highest BCUT2D eigenvalue weighted by molar-refractivity contribution is 6.09. The molecule has 4 amide bonds. The molecule has 0 aromatic carbocycles. The van der Waals surface area contributed by atoms with Gasteiger partial charge in [0, 0.05) is 26.2 Å². The molecule has 1 spiro atoms. The molecule has 7 nitrogen and oxygen atoms in total. The van der Waals surface area contributed by atoms with Gasteiger partial charge in [0.1, 0.15) is 12.1 Å². The van der Waals surface area contributed by atoms with Crippen LogP contribution in [0.3, 0.4) is 0 Å². The molecule has 3 fully saturated rings. The van der Waals surface area contributed by atoms with Gasteiger partial charge >= 0.3 is 6.03 Å². The maximum Gasteiger partial charge on any atom is 0.325 e. The second kappa shape index (κ2) is 8.35. The lowest BCUT2D eigenvalue weighted by Gasteiger charge is -2.42. The smallest absolute Gasteiger partial charge is 0.325 e. The lowest BCUT2D eigenvalue weighted by molar-refractivity contribution is -0.140. The van der Waals surface area contributed by atoms with Crippen LogP contribution in [0.25, 0.3) is 0 Å². The van der Waals surface area contributed by atoms with Crippen molar-refractivity contribution in [1.82, 2.24) is 20.4 Å². The molecule has 2 aliphatic heterocycles. The number of carbonyl (C=O) groups excluding carboxylic acids is 3. The Labute approximate surface area is 168 Å². The SMILES string of the molecule is CCC(C)(C)C1CCC2(CC1)NC(=O)N(CC(=O)N1CCNCC1)C2=O.Cl. The van der Waals surface area contributed by atoms with Crippen LogP contribution in [0.15, 0.2) is 0 Å². The topological polar surface area (TPSA) is 81.8 Å². The number of urea groups is 1. The number of nitrogens with one attached hydrogen (secondary N) is 2. The highest BCUT2D eigenvalue weighted by Gasteiger charge is 2.53. The maximum atomic E-state index is 13.0. The van der Waals surface area contributed by atoms with E-state index in [1.807, 2.05) is 0 Å². The summed E-state index contributed by atoms with van der Waals surface area (Å²) in [6, 6.07) is -0.410. The number of amides is 4. The van der Waals surface area contributed by atoms with E-state index in [2.05, 4.69) is 31.4 Å². The molecule has 0 aromatic rings. The molecule has 27 heavy (non-hydrogen) atoms. The molecule has 8 heteroatoms. The fourth-order valence-corrected chi connectivity index (χ4v) is 4.49. The van der Waals surface area contributed by atoms with Gasteiger partial charge in [-0.25, -0.2) is 4.79 Å². The van der Waals surface area contributed by atoms with Crippen LogP contribution in [0.4, 0.5) is 4.79 Å². The molecule has 3 rings (SSSR count). The predicted molar refractivity (Wildman–Crippen MR) is 106 cm³/mol. The fourth-order valence-electron chi connectivity index (χ4n) is 4.49. The van der Waals surface area contributed by atoms with E-state index in [1.165, 1.54) is 0 Å². The Kier molecular flexibility index (Phi) is 6.79. The minimum Gasteiger partial charge on any atom is -0.339 e.